The highest BCUT2D eigenvalue weighted by molar-refractivity contribution is 5.91. The fourth-order valence-electron chi connectivity index (χ4n) is 8.97. The quantitative estimate of drug-likeness (QED) is 0.226. The average Bonchev–Trinajstić information content (AvgIpc) is 3.35. The van der Waals surface area contributed by atoms with E-state index in [-0.39, 0.29) is 16.7 Å². The maximum absolute atomic E-state index is 14.3. The fraction of sp³-hybridized carbons (Fsp3) is 0.429. The number of carbonyl (C=O) groups is 6. The minimum absolute atomic E-state index is 0.0592. The number of hydrogen-bond donors (Lipinski definition) is 1. The zero-order valence-electron chi connectivity index (χ0n) is 31.8. The molecule has 9 atom stereocenters. The van der Waals surface area contributed by atoms with Crippen LogP contribution in [0.3, 0.4) is 0 Å². The van der Waals surface area contributed by atoms with Crippen LogP contribution in [0, 0.1) is 11.3 Å². The molecule has 3 fully saturated rings. The molecule has 1 spiro atoms. The minimum atomic E-state index is -2.37. The van der Waals surface area contributed by atoms with Gasteiger partial charge in [0.25, 0.3) is 0 Å². The van der Waals surface area contributed by atoms with Gasteiger partial charge >= 0.3 is 35.8 Å². The predicted molar refractivity (Wildman–Crippen MR) is 194 cm³/mol. The summed E-state index contributed by atoms with van der Waals surface area (Å²) in [5.74, 6) is -6.49. The third-order valence-corrected chi connectivity index (χ3v) is 10.9. The summed E-state index contributed by atoms with van der Waals surface area (Å²) < 4.78 is 43.9. The third kappa shape index (κ3) is 6.92. The van der Waals surface area contributed by atoms with Crippen LogP contribution < -0.4 is 0 Å². The van der Waals surface area contributed by atoms with Crippen molar-refractivity contribution in [3.63, 3.8) is 0 Å². The molecule has 2 saturated carbocycles. The Kier molecular flexibility index (Phi) is 10.8. The van der Waals surface area contributed by atoms with E-state index in [0.29, 0.717) is 0 Å². The molecule has 14 heteroatoms. The monoisotopic (exact) mass is 772 g/mol. The second-order valence-electron chi connectivity index (χ2n) is 15.1. The molecular weight excluding hydrogens is 728 g/mol. The summed E-state index contributed by atoms with van der Waals surface area (Å²) in [6.07, 6.45) is -8.85. The first-order valence-corrected chi connectivity index (χ1v) is 18.1. The van der Waals surface area contributed by atoms with Gasteiger partial charge in [0, 0.05) is 27.2 Å². The Balaban J connectivity index is 1.71. The van der Waals surface area contributed by atoms with Crippen LogP contribution in [0.2, 0.25) is 0 Å². The number of rotatable bonds is 10. The molecule has 296 valence electrons. The summed E-state index contributed by atoms with van der Waals surface area (Å²) in [6.45, 7) is 7.06. The third-order valence-electron chi connectivity index (χ3n) is 10.9. The lowest BCUT2D eigenvalue weighted by atomic mass is 9.45. The van der Waals surface area contributed by atoms with Crippen LogP contribution in [0.4, 0.5) is 0 Å². The second-order valence-corrected chi connectivity index (χ2v) is 15.1. The summed E-state index contributed by atoms with van der Waals surface area (Å²) in [6, 6.07) is 23.6. The lowest BCUT2D eigenvalue weighted by molar-refractivity contribution is -0.361. The van der Waals surface area contributed by atoms with Gasteiger partial charge in [0.05, 0.1) is 33.8 Å². The van der Waals surface area contributed by atoms with E-state index < -0.39 is 107 Å². The molecule has 3 aromatic carbocycles. The maximum atomic E-state index is 14.3. The van der Waals surface area contributed by atoms with Crippen molar-refractivity contribution in [1.29, 1.82) is 0 Å². The number of esters is 6. The lowest BCUT2D eigenvalue weighted by Crippen LogP contribution is -2.85. The molecule has 1 N–H and O–H groups in total. The molecule has 1 aliphatic heterocycles. The standard InChI is InChI=1S/C42H44O14/c1-24(43)50-23-41-33(54-37(47)28-18-12-8-13-19-28)30(51-25(2)44)22-40(6,49)42(41)34(52-26(3)45)31(39(4,5)56-42)32(53-36(46)27-16-10-7-11-17-27)35(41)55-38(48)29-20-14-9-15-21-29/h7-21,30-35,49H,22-23H2,1-6H3. The van der Waals surface area contributed by atoms with Gasteiger partial charge < -0.3 is 38.3 Å². The Morgan fingerprint density at radius 2 is 1.05 bits per heavy atom. The Morgan fingerprint density at radius 1 is 0.607 bits per heavy atom. The first kappa shape index (κ1) is 40.1. The Labute approximate surface area is 323 Å². The molecule has 1 saturated heterocycles. The van der Waals surface area contributed by atoms with Crippen LogP contribution in [0.5, 0.6) is 0 Å². The highest BCUT2D eigenvalue weighted by atomic mass is 16.7. The SMILES string of the molecule is CC(=O)OCC12C(OC(=O)c3ccccc3)C(OC(C)=O)CC(C)(O)C13OC(C)(C)C(C(OC(=O)c1ccccc1)C2OC(=O)c1ccccc1)C3OC(C)=O. The smallest absolute Gasteiger partial charge is 0.338 e. The van der Waals surface area contributed by atoms with Gasteiger partial charge in [-0.05, 0) is 57.2 Å². The average molecular weight is 773 g/mol. The van der Waals surface area contributed by atoms with Crippen LogP contribution in [-0.4, -0.2) is 94.9 Å². The van der Waals surface area contributed by atoms with E-state index in [1.165, 1.54) is 43.3 Å². The van der Waals surface area contributed by atoms with Crippen molar-refractivity contribution in [3.05, 3.63) is 108 Å². The molecule has 1 heterocycles. The van der Waals surface area contributed by atoms with Gasteiger partial charge in [-0.1, -0.05) is 54.6 Å². The molecule has 14 nitrogen and oxygen atoms in total. The van der Waals surface area contributed by atoms with Crippen molar-refractivity contribution in [2.24, 2.45) is 11.3 Å². The Morgan fingerprint density at radius 3 is 1.50 bits per heavy atom. The minimum Gasteiger partial charge on any atom is -0.465 e. The summed E-state index contributed by atoms with van der Waals surface area (Å²) in [5.41, 5.74) is -8.17. The van der Waals surface area contributed by atoms with Crippen molar-refractivity contribution in [2.75, 3.05) is 6.61 Å². The molecule has 3 aromatic rings. The molecule has 56 heavy (non-hydrogen) atoms. The van der Waals surface area contributed by atoms with Crippen LogP contribution >= 0.6 is 0 Å². The van der Waals surface area contributed by atoms with Crippen molar-refractivity contribution in [3.8, 4) is 0 Å². The number of benzene rings is 3. The van der Waals surface area contributed by atoms with Gasteiger partial charge in [0.1, 0.15) is 30.3 Å². The molecule has 0 radical (unpaired) electrons. The summed E-state index contributed by atoms with van der Waals surface area (Å²) >= 11 is 0. The largest absolute Gasteiger partial charge is 0.465 e. The van der Waals surface area contributed by atoms with Gasteiger partial charge in [-0.25, -0.2) is 14.4 Å². The van der Waals surface area contributed by atoms with Gasteiger partial charge in [0.2, 0.25) is 0 Å². The van der Waals surface area contributed by atoms with Crippen molar-refractivity contribution >= 4 is 35.8 Å². The fourth-order valence-corrected chi connectivity index (χ4v) is 8.97. The topological polar surface area (TPSA) is 187 Å². The summed E-state index contributed by atoms with van der Waals surface area (Å²) in [7, 11) is 0. The summed E-state index contributed by atoms with van der Waals surface area (Å²) in [5, 5.41) is 12.9. The molecule has 2 bridgehead atoms. The first-order valence-electron chi connectivity index (χ1n) is 18.1. The highest BCUT2D eigenvalue weighted by Crippen LogP contribution is 2.69. The van der Waals surface area contributed by atoms with Gasteiger partial charge in [0.15, 0.2) is 17.8 Å². The molecule has 9 unspecified atom stereocenters. The normalized spacial score (nSPS) is 31.1. The Bertz CT molecular complexity index is 1980. The number of carbonyl (C=O) groups excluding carboxylic acids is 6. The van der Waals surface area contributed by atoms with Crippen LogP contribution in [-0.2, 0) is 47.5 Å². The number of fused-ring (bicyclic) bond motifs is 1. The van der Waals surface area contributed by atoms with Crippen molar-refractivity contribution in [2.45, 2.75) is 95.3 Å². The first-order chi connectivity index (χ1) is 26.4. The number of aliphatic hydroxyl groups is 1. The number of hydrogen-bond acceptors (Lipinski definition) is 14. The van der Waals surface area contributed by atoms with Gasteiger partial charge in [-0.3, -0.25) is 14.4 Å². The van der Waals surface area contributed by atoms with E-state index in [4.69, 9.17) is 33.2 Å². The van der Waals surface area contributed by atoms with Crippen LogP contribution in [0.25, 0.3) is 0 Å². The molecule has 6 rings (SSSR count). The van der Waals surface area contributed by atoms with Crippen molar-refractivity contribution < 1.29 is 67.0 Å². The zero-order valence-corrected chi connectivity index (χ0v) is 31.8. The van der Waals surface area contributed by atoms with E-state index in [2.05, 4.69) is 0 Å². The van der Waals surface area contributed by atoms with Gasteiger partial charge in [-0.15, -0.1) is 0 Å². The molecule has 0 amide bonds. The van der Waals surface area contributed by atoms with E-state index in [1.54, 1.807) is 68.4 Å². The van der Waals surface area contributed by atoms with E-state index >= 15 is 0 Å². The number of ether oxygens (including phenoxy) is 7. The van der Waals surface area contributed by atoms with Crippen molar-refractivity contribution in [1.82, 2.24) is 0 Å². The lowest BCUT2D eigenvalue weighted by Gasteiger charge is -2.66. The predicted octanol–water partition coefficient (Wildman–Crippen LogP) is 4.41. The summed E-state index contributed by atoms with van der Waals surface area (Å²) in [4.78, 5) is 81.6. The van der Waals surface area contributed by atoms with Gasteiger partial charge in [-0.2, -0.15) is 0 Å². The Hall–Kier alpha value is -5.60. The molecule has 0 aromatic heterocycles. The second kappa shape index (κ2) is 15.1. The van der Waals surface area contributed by atoms with E-state index in [9.17, 15) is 33.9 Å². The van der Waals surface area contributed by atoms with E-state index in [1.807, 2.05) is 0 Å². The molecule has 2 aliphatic carbocycles. The maximum Gasteiger partial charge on any atom is 0.338 e. The highest BCUT2D eigenvalue weighted by Gasteiger charge is 2.89. The van der Waals surface area contributed by atoms with E-state index in [0.717, 1.165) is 20.8 Å². The zero-order chi connectivity index (χ0) is 40.6. The molecular formula is C42H44O14. The van der Waals surface area contributed by atoms with Crippen LogP contribution in [0.1, 0.15) is 79.0 Å². The molecule has 3 aliphatic rings. The van der Waals surface area contributed by atoms with Crippen LogP contribution in [0.15, 0.2) is 91.0 Å².